The van der Waals surface area contributed by atoms with E-state index in [4.69, 9.17) is 0 Å². The Bertz CT molecular complexity index is 1710. The molecule has 0 N–H and O–H groups in total. The van der Waals surface area contributed by atoms with Crippen LogP contribution in [0.4, 0.5) is 11.4 Å². The maximum atomic E-state index is 2.57. The van der Waals surface area contributed by atoms with Crippen LogP contribution in [0.25, 0.3) is 16.3 Å². The fourth-order valence-electron chi connectivity index (χ4n) is 9.48. The third-order valence-electron chi connectivity index (χ3n) is 10.8. The first-order valence-electron chi connectivity index (χ1n) is 15.7. The molecule has 8 rings (SSSR count). The zero-order chi connectivity index (χ0) is 27.6. The predicted molar refractivity (Wildman–Crippen MR) is 173 cm³/mol. The average molecular weight is 534 g/mol. The van der Waals surface area contributed by atoms with Gasteiger partial charge in [0.05, 0.1) is 11.4 Å². The van der Waals surface area contributed by atoms with Gasteiger partial charge in [0.15, 0.2) is 0 Å². The fraction of sp³-hybridized carbons (Fsp3) is 0.300. The van der Waals surface area contributed by atoms with Crippen LogP contribution in [0, 0.1) is 23.7 Å². The van der Waals surface area contributed by atoms with Crippen molar-refractivity contribution < 1.29 is 0 Å². The van der Waals surface area contributed by atoms with Gasteiger partial charge in [-0.3, -0.25) is 0 Å². The lowest BCUT2D eigenvalue weighted by molar-refractivity contribution is 0.0417. The van der Waals surface area contributed by atoms with Gasteiger partial charge in [-0.2, -0.15) is 0 Å². The number of hydrogen-bond donors (Lipinski definition) is 0. The van der Waals surface area contributed by atoms with Gasteiger partial charge in [0.2, 0.25) is 0 Å². The Balaban J connectivity index is 1.41. The zero-order valence-electron chi connectivity index (χ0n) is 24.3. The van der Waals surface area contributed by atoms with E-state index >= 15 is 0 Å². The predicted octanol–water partition coefficient (Wildman–Crippen LogP) is 10.6. The molecule has 1 nitrogen and oxygen atoms in total. The highest BCUT2D eigenvalue weighted by Crippen LogP contribution is 2.65. The Morgan fingerprint density at radius 1 is 0.732 bits per heavy atom. The normalized spacial score (nSPS) is 28.3. The van der Waals surface area contributed by atoms with Gasteiger partial charge in [-0.15, -0.1) is 0 Å². The zero-order valence-corrected chi connectivity index (χ0v) is 24.3. The van der Waals surface area contributed by atoms with E-state index in [2.05, 4.69) is 134 Å². The molecule has 2 saturated carbocycles. The summed E-state index contributed by atoms with van der Waals surface area (Å²) in [5, 5.41) is 2.56. The molecule has 2 bridgehead atoms. The Morgan fingerprint density at radius 2 is 1.51 bits per heavy atom. The molecule has 2 fully saturated rings. The largest absolute Gasteiger partial charge is 0.310 e. The summed E-state index contributed by atoms with van der Waals surface area (Å²) in [6, 6.07) is 36.1. The molecule has 5 atom stereocenters. The van der Waals surface area contributed by atoms with Crippen molar-refractivity contribution in [2.24, 2.45) is 23.7 Å². The van der Waals surface area contributed by atoms with E-state index in [1.54, 1.807) is 11.1 Å². The Kier molecular flexibility index (Phi) is 5.85. The number of allylic oxidation sites excluding steroid dienone is 5. The summed E-state index contributed by atoms with van der Waals surface area (Å²) >= 11 is 0. The van der Waals surface area contributed by atoms with E-state index in [-0.39, 0.29) is 5.41 Å². The summed E-state index contributed by atoms with van der Waals surface area (Å²) < 4.78 is 0. The highest BCUT2D eigenvalue weighted by atomic mass is 15.2. The Hall–Kier alpha value is -3.84. The third-order valence-corrected chi connectivity index (χ3v) is 10.8. The molecule has 4 aromatic rings. The molecule has 5 unspecified atom stereocenters. The molecular formula is C40H39N. The number of benzene rings is 4. The molecule has 0 saturated heterocycles. The molecule has 4 aliphatic carbocycles. The van der Waals surface area contributed by atoms with Crippen molar-refractivity contribution in [2.45, 2.75) is 51.4 Å². The van der Waals surface area contributed by atoms with Gasteiger partial charge in [0, 0.05) is 22.1 Å². The van der Waals surface area contributed by atoms with Gasteiger partial charge in [-0.1, -0.05) is 111 Å². The summed E-state index contributed by atoms with van der Waals surface area (Å²) in [4.78, 5) is 2.56. The highest BCUT2D eigenvalue weighted by molar-refractivity contribution is 6.02. The van der Waals surface area contributed by atoms with Crippen molar-refractivity contribution in [3.8, 4) is 0 Å². The van der Waals surface area contributed by atoms with E-state index < -0.39 is 0 Å². The van der Waals surface area contributed by atoms with Gasteiger partial charge in [0.25, 0.3) is 0 Å². The van der Waals surface area contributed by atoms with Gasteiger partial charge in [0.1, 0.15) is 0 Å². The summed E-state index contributed by atoms with van der Waals surface area (Å²) in [5.74, 6) is 3.00. The first-order chi connectivity index (χ1) is 20.2. The lowest BCUT2D eigenvalue weighted by Crippen LogP contribution is -2.49. The highest BCUT2D eigenvalue weighted by Gasteiger charge is 2.57. The maximum absolute atomic E-state index is 2.57. The van der Waals surface area contributed by atoms with Crippen molar-refractivity contribution >= 4 is 27.7 Å². The molecule has 4 aromatic carbocycles. The van der Waals surface area contributed by atoms with Crippen LogP contribution in [0.5, 0.6) is 0 Å². The first-order valence-corrected chi connectivity index (χ1v) is 15.7. The second kappa shape index (κ2) is 9.62. The summed E-state index contributed by atoms with van der Waals surface area (Å²) in [7, 11) is 0. The van der Waals surface area contributed by atoms with Crippen molar-refractivity contribution in [3.05, 3.63) is 138 Å². The minimum atomic E-state index is 0.0815. The second-order valence-corrected chi connectivity index (χ2v) is 13.1. The third kappa shape index (κ3) is 3.67. The van der Waals surface area contributed by atoms with Crippen LogP contribution in [-0.4, -0.2) is 0 Å². The molecule has 0 heterocycles. The lowest BCUT2D eigenvalue weighted by Gasteiger charge is -2.55. The van der Waals surface area contributed by atoms with Crippen LogP contribution in [0.1, 0.15) is 57.1 Å². The summed E-state index contributed by atoms with van der Waals surface area (Å²) in [6.45, 7) is 5.08. The molecule has 41 heavy (non-hydrogen) atoms. The molecule has 204 valence electrons. The number of nitrogens with zero attached hydrogens (tertiary/aromatic N) is 1. The molecule has 1 spiro atoms. The maximum Gasteiger partial charge on any atom is 0.0540 e. The molecule has 0 aliphatic heterocycles. The Labute approximate surface area is 244 Å². The standard InChI is InChI=1S/C40H39N/c1-27-23-29-25-28(2)40(31(24-27)26-29)35-19-9-8-18-34(35)39-36(40)20-10-11-21-38(39)41(32-15-4-3-5-16-32)37-22-12-14-30-13-6-7-17-33(30)37/h3-10,12-22,27-29,31H,11,23-26H2,1-2H3. The van der Waals surface area contributed by atoms with E-state index in [0.717, 1.165) is 18.3 Å². The van der Waals surface area contributed by atoms with Crippen LogP contribution >= 0.6 is 0 Å². The molecular weight excluding hydrogens is 494 g/mol. The molecule has 0 radical (unpaired) electrons. The van der Waals surface area contributed by atoms with E-state index in [0.29, 0.717) is 11.8 Å². The lowest BCUT2D eigenvalue weighted by atomic mass is 9.49. The van der Waals surface area contributed by atoms with Gasteiger partial charge in [-0.05, 0) is 96.1 Å². The molecule has 0 amide bonds. The van der Waals surface area contributed by atoms with Crippen molar-refractivity contribution in [1.82, 2.24) is 0 Å². The molecule has 0 aromatic heterocycles. The molecule has 4 aliphatic rings. The topological polar surface area (TPSA) is 3.24 Å². The minimum Gasteiger partial charge on any atom is -0.310 e. The smallest absolute Gasteiger partial charge is 0.0540 e. The monoisotopic (exact) mass is 533 g/mol. The van der Waals surface area contributed by atoms with E-state index in [1.807, 2.05) is 0 Å². The van der Waals surface area contributed by atoms with Crippen molar-refractivity contribution in [2.75, 3.05) is 4.90 Å². The van der Waals surface area contributed by atoms with Gasteiger partial charge in [-0.25, -0.2) is 0 Å². The van der Waals surface area contributed by atoms with Gasteiger partial charge >= 0.3 is 0 Å². The summed E-state index contributed by atoms with van der Waals surface area (Å²) in [5.41, 5.74) is 9.93. The van der Waals surface area contributed by atoms with Crippen molar-refractivity contribution in [3.63, 3.8) is 0 Å². The minimum absolute atomic E-state index is 0.0815. The number of rotatable bonds is 3. The summed E-state index contributed by atoms with van der Waals surface area (Å²) in [6.07, 6.45) is 13.9. The van der Waals surface area contributed by atoms with Crippen LogP contribution in [0.2, 0.25) is 0 Å². The van der Waals surface area contributed by atoms with Gasteiger partial charge < -0.3 is 4.90 Å². The quantitative estimate of drug-likeness (QED) is 0.253. The SMILES string of the molecule is CC1CC2CC(C)C3(C4=C(C(N(c5ccccc5)c5cccc6ccccc56)=CCC=C4)c4ccccc43)C(C1)C2. The van der Waals surface area contributed by atoms with E-state index in [1.165, 1.54) is 64.7 Å². The fourth-order valence-corrected chi connectivity index (χ4v) is 9.48. The van der Waals surface area contributed by atoms with Crippen LogP contribution in [-0.2, 0) is 5.41 Å². The number of anilines is 2. The second-order valence-electron chi connectivity index (χ2n) is 13.1. The van der Waals surface area contributed by atoms with Crippen molar-refractivity contribution in [1.29, 1.82) is 0 Å². The van der Waals surface area contributed by atoms with Crippen LogP contribution in [0.15, 0.2) is 127 Å². The van der Waals surface area contributed by atoms with Crippen LogP contribution < -0.4 is 4.90 Å². The average Bonchev–Trinajstić information content (AvgIpc) is 3.11. The van der Waals surface area contributed by atoms with Crippen LogP contribution in [0.3, 0.4) is 0 Å². The number of hydrogen-bond acceptors (Lipinski definition) is 1. The number of fused-ring (bicyclic) bond motifs is 8. The van der Waals surface area contributed by atoms with E-state index in [9.17, 15) is 0 Å². The first kappa shape index (κ1) is 24.9. The molecule has 1 heteroatoms. The number of para-hydroxylation sites is 1. The Morgan fingerprint density at radius 3 is 2.41 bits per heavy atom.